The highest BCUT2D eigenvalue weighted by Gasteiger charge is 2.08. The summed E-state index contributed by atoms with van der Waals surface area (Å²) in [4.78, 5) is 12.7. The van der Waals surface area contributed by atoms with E-state index in [9.17, 15) is 4.39 Å². The van der Waals surface area contributed by atoms with Gasteiger partial charge >= 0.3 is 0 Å². The minimum atomic E-state index is -0.309. The van der Waals surface area contributed by atoms with Crippen molar-refractivity contribution in [2.24, 2.45) is 0 Å². The molecule has 6 nitrogen and oxygen atoms in total. The number of hydrogen-bond acceptors (Lipinski definition) is 6. The number of halogens is 1. The van der Waals surface area contributed by atoms with Gasteiger partial charge in [-0.05, 0) is 43.7 Å². The zero-order chi connectivity index (χ0) is 18.4. The van der Waals surface area contributed by atoms with Gasteiger partial charge in [-0.25, -0.2) is 19.3 Å². The molecule has 26 heavy (non-hydrogen) atoms. The Hall–Kier alpha value is -3.22. The third-order valence-electron chi connectivity index (χ3n) is 3.31. The van der Waals surface area contributed by atoms with Crippen LogP contribution in [0.4, 0.5) is 10.2 Å². The van der Waals surface area contributed by atoms with Crippen LogP contribution in [0.15, 0.2) is 55.0 Å². The molecule has 0 saturated heterocycles. The van der Waals surface area contributed by atoms with E-state index >= 15 is 0 Å². The van der Waals surface area contributed by atoms with Crippen LogP contribution in [0.3, 0.4) is 0 Å². The molecule has 0 amide bonds. The number of ether oxygens (including phenoxy) is 2. The van der Waals surface area contributed by atoms with E-state index < -0.39 is 0 Å². The summed E-state index contributed by atoms with van der Waals surface area (Å²) in [6.45, 7) is 4.38. The molecule has 0 aliphatic rings. The normalized spacial score (nSPS) is 10.6. The first-order valence-corrected chi connectivity index (χ1v) is 8.20. The second kappa shape index (κ2) is 8.24. The maximum absolute atomic E-state index is 12.9. The summed E-state index contributed by atoms with van der Waals surface area (Å²) in [5.41, 5.74) is 0.942. The van der Waals surface area contributed by atoms with Gasteiger partial charge in [-0.3, -0.25) is 0 Å². The average Bonchev–Trinajstić information content (AvgIpc) is 2.64. The van der Waals surface area contributed by atoms with Gasteiger partial charge in [-0.2, -0.15) is 0 Å². The van der Waals surface area contributed by atoms with Crippen molar-refractivity contribution < 1.29 is 13.9 Å². The molecule has 2 heterocycles. The minimum Gasteiger partial charge on any atom is -0.472 e. The molecule has 0 aliphatic heterocycles. The van der Waals surface area contributed by atoms with Crippen LogP contribution < -0.4 is 14.8 Å². The quantitative estimate of drug-likeness (QED) is 0.686. The molecule has 0 saturated carbocycles. The monoisotopic (exact) mass is 354 g/mol. The van der Waals surface area contributed by atoms with Gasteiger partial charge in [0.05, 0.1) is 6.10 Å². The van der Waals surface area contributed by atoms with Gasteiger partial charge in [-0.15, -0.1) is 0 Å². The van der Waals surface area contributed by atoms with Crippen LogP contribution in [-0.4, -0.2) is 21.1 Å². The first kappa shape index (κ1) is 17.6. The first-order valence-electron chi connectivity index (χ1n) is 8.20. The smallest absolute Gasteiger partial charge is 0.257 e. The van der Waals surface area contributed by atoms with Crippen molar-refractivity contribution in [1.82, 2.24) is 15.0 Å². The third kappa shape index (κ3) is 4.89. The van der Waals surface area contributed by atoms with E-state index in [1.54, 1.807) is 36.8 Å². The fourth-order valence-electron chi connectivity index (χ4n) is 2.14. The second-order valence-corrected chi connectivity index (χ2v) is 5.79. The maximum Gasteiger partial charge on any atom is 0.257 e. The second-order valence-electron chi connectivity index (χ2n) is 5.79. The average molecular weight is 354 g/mol. The minimum absolute atomic E-state index is 0.0109. The Labute approximate surface area is 151 Å². The lowest BCUT2D eigenvalue weighted by atomic mass is 10.3. The van der Waals surface area contributed by atoms with Crippen molar-refractivity contribution in [3.05, 3.63) is 66.4 Å². The van der Waals surface area contributed by atoms with Crippen LogP contribution in [0.25, 0.3) is 0 Å². The molecule has 0 radical (unpaired) electrons. The highest BCUT2D eigenvalue weighted by molar-refractivity contribution is 5.45. The Morgan fingerprint density at radius 3 is 2.46 bits per heavy atom. The molecule has 0 fully saturated rings. The van der Waals surface area contributed by atoms with Crippen LogP contribution in [0, 0.1) is 5.82 Å². The molecular formula is C19H19FN4O2. The zero-order valence-corrected chi connectivity index (χ0v) is 14.5. The maximum atomic E-state index is 12.9. The molecule has 0 spiro atoms. The molecule has 3 rings (SSSR count). The lowest BCUT2D eigenvalue weighted by Crippen LogP contribution is -2.11. The van der Waals surface area contributed by atoms with Crippen LogP contribution in [-0.2, 0) is 6.54 Å². The summed E-state index contributed by atoms with van der Waals surface area (Å²) >= 11 is 0. The van der Waals surface area contributed by atoms with Gasteiger partial charge < -0.3 is 14.8 Å². The largest absolute Gasteiger partial charge is 0.472 e. The molecule has 7 heteroatoms. The van der Waals surface area contributed by atoms with Gasteiger partial charge in [0, 0.05) is 31.2 Å². The molecule has 0 bridgehead atoms. The van der Waals surface area contributed by atoms with E-state index in [0.717, 1.165) is 5.56 Å². The molecule has 3 aromatic rings. The number of nitrogens with zero attached hydrogens (tertiary/aromatic N) is 3. The molecule has 2 aromatic heterocycles. The van der Waals surface area contributed by atoms with Crippen molar-refractivity contribution in [3.8, 4) is 17.5 Å². The summed E-state index contributed by atoms with van der Waals surface area (Å²) in [6.07, 6.45) is 4.90. The Morgan fingerprint density at radius 2 is 1.77 bits per heavy atom. The summed E-state index contributed by atoms with van der Waals surface area (Å²) in [7, 11) is 0. The zero-order valence-electron chi connectivity index (χ0n) is 14.5. The SMILES string of the molecule is CC(C)Oc1nccnc1NCc1ccc(Oc2ccc(F)cc2)nc1. The van der Waals surface area contributed by atoms with E-state index in [1.807, 2.05) is 19.9 Å². The van der Waals surface area contributed by atoms with Crippen molar-refractivity contribution in [2.75, 3.05) is 5.32 Å². The highest BCUT2D eigenvalue weighted by atomic mass is 19.1. The number of nitrogens with one attached hydrogen (secondary N) is 1. The predicted octanol–water partition coefficient (Wildman–Crippen LogP) is 4.20. The molecule has 134 valence electrons. The van der Waals surface area contributed by atoms with Gasteiger partial charge in [0.1, 0.15) is 11.6 Å². The van der Waals surface area contributed by atoms with Crippen molar-refractivity contribution in [3.63, 3.8) is 0 Å². The molecule has 1 N–H and O–H groups in total. The predicted molar refractivity (Wildman–Crippen MR) is 95.8 cm³/mol. The van der Waals surface area contributed by atoms with Crippen LogP contribution in [0.2, 0.25) is 0 Å². The molecule has 0 aliphatic carbocycles. The van der Waals surface area contributed by atoms with Crippen molar-refractivity contribution >= 4 is 5.82 Å². The summed E-state index contributed by atoms with van der Waals surface area (Å²) in [5.74, 6) is 1.69. The standard InChI is InChI=1S/C19H19FN4O2/c1-13(2)25-19-18(21-9-10-22-19)24-12-14-3-8-17(23-11-14)26-16-6-4-15(20)5-7-16/h3-11,13H,12H2,1-2H3,(H,21,24). The van der Waals surface area contributed by atoms with Crippen molar-refractivity contribution in [2.45, 2.75) is 26.5 Å². The van der Waals surface area contributed by atoms with Gasteiger partial charge in [0.2, 0.25) is 5.88 Å². The lowest BCUT2D eigenvalue weighted by Gasteiger charge is -2.13. The highest BCUT2D eigenvalue weighted by Crippen LogP contribution is 2.21. The molecule has 0 atom stereocenters. The Kier molecular flexibility index (Phi) is 5.58. The van der Waals surface area contributed by atoms with Gasteiger partial charge in [0.25, 0.3) is 5.88 Å². The number of rotatable bonds is 7. The third-order valence-corrected chi connectivity index (χ3v) is 3.31. The van der Waals surface area contributed by atoms with Crippen LogP contribution >= 0.6 is 0 Å². The van der Waals surface area contributed by atoms with Crippen LogP contribution in [0.5, 0.6) is 17.5 Å². The Morgan fingerprint density at radius 1 is 1.00 bits per heavy atom. The number of hydrogen-bond donors (Lipinski definition) is 1. The summed E-state index contributed by atoms with van der Waals surface area (Å²) in [5, 5.41) is 3.19. The van der Waals surface area contributed by atoms with Gasteiger partial charge in [0.15, 0.2) is 5.82 Å². The number of benzene rings is 1. The lowest BCUT2D eigenvalue weighted by molar-refractivity contribution is 0.233. The van der Waals surface area contributed by atoms with E-state index in [0.29, 0.717) is 29.9 Å². The van der Waals surface area contributed by atoms with E-state index in [2.05, 4.69) is 20.3 Å². The van der Waals surface area contributed by atoms with Gasteiger partial charge in [-0.1, -0.05) is 6.07 Å². The number of aromatic nitrogens is 3. The first-order chi connectivity index (χ1) is 12.6. The molecule has 0 unspecified atom stereocenters. The summed E-state index contributed by atoms with van der Waals surface area (Å²) in [6, 6.07) is 9.42. The van der Waals surface area contributed by atoms with Crippen molar-refractivity contribution in [1.29, 1.82) is 0 Å². The Bertz CT molecular complexity index is 839. The number of anilines is 1. The van der Waals surface area contributed by atoms with E-state index in [1.165, 1.54) is 12.1 Å². The Balaban J connectivity index is 1.60. The topological polar surface area (TPSA) is 69.2 Å². The summed E-state index contributed by atoms with van der Waals surface area (Å²) < 4.78 is 24.1. The van der Waals surface area contributed by atoms with E-state index in [-0.39, 0.29) is 11.9 Å². The van der Waals surface area contributed by atoms with E-state index in [4.69, 9.17) is 9.47 Å². The fourth-order valence-corrected chi connectivity index (χ4v) is 2.14. The number of pyridine rings is 1. The molecule has 1 aromatic carbocycles. The van der Waals surface area contributed by atoms with Crippen LogP contribution in [0.1, 0.15) is 19.4 Å². The molecular weight excluding hydrogens is 335 g/mol. The fraction of sp³-hybridized carbons (Fsp3) is 0.211.